The van der Waals surface area contributed by atoms with Crippen LogP contribution >= 0.6 is 0 Å². The van der Waals surface area contributed by atoms with Gasteiger partial charge >= 0.3 is 0 Å². The Morgan fingerprint density at radius 1 is 1.50 bits per heavy atom. The monoisotopic (exact) mass is 270 g/mol. The summed E-state index contributed by atoms with van der Waals surface area (Å²) in [5.41, 5.74) is -1.12. The summed E-state index contributed by atoms with van der Waals surface area (Å²) >= 11 is 0. The summed E-state index contributed by atoms with van der Waals surface area (Å²) in [5.74, 6) is -0.764. The summed E-state index contributed by atoms with van der Waals surface area (Å²) in [4.78, 5) is -0.180. The average Bonchev–Trinajstić information content (AvgIpc) is 3.09. The van der Waals surface area contributed by atoms with Crippen LogP contribution in [0, 0.1) is 17.1 Å². The Labute approximate surface area is 104 Å². The molecule has 0 spiro atoms. The van der Waals surface area contributed by atoms with E-state index < -0.39 is 21.4 Å². The summed E-state index contributed by atoms with van der Waals surface area (Å²) in [6, 6.07) is 4.59. The summed E-state index contributed by atoms with van der Waals surface area (Å²) in [6.45, 7) is -0.279. The van der Waals surface area contributed by atoms with Crippen LogP contribution in [0.1, 0.15) is 18.4 Å². The number of benzene rings is 1. The van der Waals surface area contributed by atoms with E-state index in [9.17, 15) is 12.8 Å². The second kappa shape index (κ2) is 4.31. The zero-order valence-electron chi connectivity index (χ0n) is 9.35. The molecule has 0 amide bonds. The van der Waals surface area contributed by atoms with E-state index >= 15 is 0 Å². The molecule has 0 atom stereocenters. The lowest BCUT2D eigenvalue weighted by Gasteiger charge is -2.14. The van der Waals surface area contributed by atoms with Crippen molar-refractivity contribution in [2.45, 2.75) is 23.3 Å². The Kier molecular flexibility index (Phi) is 3.11. The number of hydrogen-bond donors (Lipinski definition) is 2. The quantitative estimate of drug-likeness (QED) is 0.833. The highest BCUT2D eigenvalue weighted by molar-refractivity contribution is 7.89. The highest BCUT2D eigenvalue weighted by Crippen LogP contribution is 2.36. The predicted octanol–water partition coefficient (Wildman–Crippen LogP) is 0.501. The van der Waals surface area contributed by atoms with Crippen molar-refractivity contribution < 1.29 is 17.9 Å². The molecule has 2 rings (SSSR count). The number of aliphatic hydroxyl groups excluding tert-OH is 1. The molecule has 0 aromatic heterocycles. The minimum atomic E-state index is -3.84. The topological polar surface area (TPSA) is 90.2 Å². The number of hydrogen-bond acceptors (Lipinski definition) is 4. The smallest absolute Gasteiger partial charge is 0.241 e. The summed E-state index contributed by atoms with van der Waals surface area (Å²) in [7, 11) is -3.84. The highest BCUT2D eigenvalue weighted by Gasteiger charge is 2.45. The van der Waals surface area contributed by atoms with Gasteiger partial charge in [0.15, 0.2) is 0 Å². The molecule has 0 bridgehead atoms. The Hall–Kier alpha value is -1.49. The van der Waals surface area contributed by atoms with Crippen molar-refractivity contribution in [3.63, 3.8) is 0 Å². The molecule has 1 aromatic carbocycles. The molecule has 1 aliphatic rings. The van der Waals surface area contributed by atoms with E-state index in [4.69, 9.17) is 10.4 Å². The normalized spacial score (nSPS) is 17.2. The van der Waals surface area contributed by atoms with Crippen molar-refractivity contribution in [2.24, 2.45) is 0 Å². The molecular weight excluding hydrogens is 259 g/mol. The molecule has 1 aliphatic carbocycles. The van der Waals surface area contributed by atoms with Crippen molar-refractivity contribution in [1.82, 2.24) is 4.72 Å². The molecule has 1 aromatic rings. The lowest BCUT2D eigenvalue weighted by molar-refractivity contribution is 0.246. The molecule has 7 heteroatoms. The van der Waals surface area contributed by atoms with Gasteiger partial charge in [0.25, 0.3) is 0 Å². The van der Waals surface area contributed by atoms with E-state index in [0.717, 1.165) is 18.2 Å². The van der Waals surface area contributed by atoms with Gasteiger partial charge in [0, 0.05) is 0 Å². The first-order valence-corrected chi connectivity index (χ1v) is 6.75. The minimum Gasteiger partial charge on any atom is -0.394 e. The van der Waals surface area contributed by atoms with Crippen molar-refractivity contribution in [1.29, 1.82) is 5.26 Å². The lowest BCUT2D eigenvalue weighted by Crippen LogP contribution is -2.39. The molecule has 1 saturated carbocycles. The molecule has 0 radical (unpaired) electrons. The molecule has 0 heterocycles. The van der Waals surface area contributed by atoms with Gasteiger partial charge in [-0.25, -0.2) is 17.5 Å². The molecule has 5 nitrogen and oxygen atoms in total. The maximum absolute atomic E-state index is 13.1. The number of aliphatic hydroxyl groups is 1. The van der Waals surface area contributed by atoms with E-state index in [-0.39, 0.29) is 17.1 Å². The fourth-order valence-electron chi connectivity index (χ4n) is 1.54. The molecule has 18 heavy (non-hydrogen) atoms. The first-order chi connectivity index (χ1) is 8.42. The van der Waals surface area contributed by atoms with Gasteiger partial charge in [-0.15, -0.1) is 0 Å². The molecule has 0 unspecified atom stereocenters. The van der Waals surface area contributed by atoms with Gasteiger partial charge < -0.3 is 5.11 Å². The number of nitriles is 1. The average molecular weight is 270 g/mol. The van der Waals surface area contributed by atoms with Crippen molar-refractivity contribution >= 4 is 10.0 Å². The van der Waals surface area contributed by atoms with Crippen LogP contribution in [0.5, 0.6) is 0 Å². The third kappa shape index (κ3) is 2.36. The summed E-state index contributed by atoms with van der Waals surface area (Å²) in [5, 5.41) is 17.7. The standard InChI is InChI=1S/C11H11FN2O3S/c12-10-2-1-9(5-8(10)6-13)18(16,17)14-11(7-15)3-4-11/h1-2,5,14-15H,3-4,7H2. The van der Waals surface area contributed by atoms with Crippen molar-refractivity contribution in [3.05, 3.63) is 29.6 Å². The number of sulfonamides is 1. The molecule has 1 fully saturated rings. The number of rotatable bonds is 4. The third-order valence-corrected chi connectivity index (χ3v) is 4.45. The van der Waals surface area contributed by atoms with Crippen LogP contribution in [0.3, 0.4) is 0 Å². The predicted molar refractivity (Wildman–Crippen MR) is 60.5 cm³/mol. The lowest BCUT2D eigenvalue weighted by atomic mass is 10.2. The molecule has 96 valence electrons. The van der Waals surface area contributed by atoms with Crippen molar-refractivity contribution in [3.8, 4) is 6.07 Å². The Balaban J connectivity index is 2.34. The second-order valence-corrected chi connectivity index (χ2v) is 5.98. The first-order valence-electron chi connectivity index (χ1n) is 5.27. The molecule has 0 aliphatic heterocycles. The fraction of sp³-hybridized carbons (Fsp3) is 0.364. The first kappa shape index (κ1) is 13.0. The molecule has 2 N–H and O–H groups in total. The fourth-order valence-corrected chi connectivity index (χ4v) is 3.02. The maximum Gasteiger partial charge on any atom is 0.241 e. The van der Waals surface area contributed by atoms with E-state index in [0.29, 0.717) is 12.8 Å². The maximum atomic E-state index is 13.1. The Morgan fingerprint density at radius 2 is 2.17 bits per heavy atom. The molecular formula is C11H11FN2O3S. The van der Waals surface area contributed by atoms with E-state index in [1.165, 1.54) is 0 Å². The van der Waals surface area contributed by atoms with Crippen LogP contribution in [0.2, 0.25) is 0 Å². The van der Waals surface area contributed by atoms with Crippen LogP contribution in [0.4, 0.5) is 4.39 Å². The van der Waals surface area contributed by atoms with Gasteiger partial charge in [0.1, 0.15) is 11.9 Å². The number of halogens is 1. The van der Waals surface area contributed by atoms with E-state index in [1.54, 1.807) is 6.07 Å². The Morgan fingerprint density at radius 3 is 2.67 bits per heavy atom. The van der Waals surface area contributed by atoms with Crippen molar-refractivity contribution in [2.75, 3.05) is 6.61 Å². The van der Waals surface area contributed by atoms with Gasteiger partial charge in [-0.05, 0) is 31.0 Å². The number of nitrogens with one attached hydrogen (secondary N) is 1. The van der Waals surface area contributed by atoms with Crippen LogP contribution < -0.4 is 4.72 Å². The summed E-state index contributed by atoms with van der Waals surface area (Å²) in [6.07, 6.45) is 1.13. The zero-order chi connectivity index (χ0) is 13.4. The van der Waals surface area contributed by atoms with Crippen LogP contribution in [-0.2, 0) is 10.0 Å². The van der Waals surface area contributed by atoms with Gasteiger partial charge in [-0.2, -0.15) is 5.26 Å². The van der Waals surface area contributed by atoms with Crippen LogP contribution in [0.15, 0.2) is 23.1 Å². The highest BCUT2D eigenvalue weighted by atomic mass is 32.2. The van der Waals surface area contributed by atoms with Gasteiger partial charge in [0.05, 0.1) is 22.6 Å². The van der Waals surface area contributed by atoms with Gasteiger partial charge in [-0.1, -0.05) is 0 Å². The Bertz CT molecular complexity index is 618. The zero-order valence-corrected chi connectivity index (χ0v) is 10.2. The van der Waals surface area contributed by atoms with Gasteiger partial charge in [-0.3, -0.25) is 0 Å². The number of nitrogens with zero attached hydrogens (tertiary/aromatic N) is 1. The largest absolute Gasteiger partial charge is 0.394 e. The molecule has 0 saturated heterocycles. The second-order valence-electron chi connectivity index (χ2n) is 4.30. The third-order valence-electron chi connectivity index (χ3n) is 2.88. The van der Waals surface area contributed by atoms with E-state index in [2.05, 4.69) is 4.72 Å². The van der Waals surface area contributed by atoms with E-state index in [1.807, 2.05) is 0 Å². The van der Waals surface area contributed by atoms with Gasteiger partial charge in [0.2, 0.25) is 10.0 Å². The van der Waals surface area contributed by atoms with Crippen LogP contribution in [-0.4, -0.2) is 25.7 Å². The van der Waals surface area contributed by atoms with Crippen LogP contribution in [0.25, 0.3) is 0 Å². The minimum absolute atomic E-state index is 0.180. The SMILES string of the molecule is N#Cc1cc(S(=O)(=O)NC2(CO)CC2)ccc1F. The summed E-state index contributed by atoms with van der Waals surface area (Å²) < 4.78 is 39.4.